The number of hydrogen-bond donors (Lipinski definition) is 1. The second-order valence-electron chi connectivity index (χ2n) is 6.01. The Labute approximate surface area is 164 Å². The van der Waals surface area contributed by atoms with Crippen LogP contribution in [0.15, 0.2) is 24.3 Å². The second kappa shape index (κ2) is 16.6. The highest BCUT2D eigenvalue weighted by Crippen LogP contribution is 2.12. The minimum absolute atomic E-state index is 0. The summed E-state index contributed by atoms with van der Waals surface area (Å²) in [5.74, 6) is 0. The van der Waals surface area contributed by atoms with Crippen LogP contribution in [0.4, 0.5) is 5.69 Å². The molecule has 0 aromatic heterocycles. The van der Waals surface area contributed by atoms with Crippen LogP contribution in [0.2, 0.25) is 0 Å². The zero-order valence-corrected chi connectivity index (χ0v) is 17.0. The maximum atomic E-state index is 10.8. The number of unbranched alkanes of at least 4 members (excludes halogenated alkanes) is 2. The van der Waals surface area contributed by atoms with Crippen molar-refractivity contribution in [1.82, 2.24) is 10.2 Å². The maximum Gasteiger partial charge on any atom is 0.269 e. The van der Waals surface area contributed by atoms with Gasteiger partial charge in [-0.2, -0.15) is 0 Å². The molecule has 1 aromatic rings. The summed E-state index contributed by atoms with van der Waals surface area (Å²) in [6, 6.07) is 6.84. The lowest BCUT2D eigenvalue weighted by atomic mass is 10.2. The molecular weight excluding hydrogens is 361 g/mol. The smallest absolute Gasteiger partial charge is 0.269 e. The molecule has 0 amide bonds. The first-order valence-corrected chi connectivity index (χ1v) is 8.83. The van der Waals surface area contributed by atoms with Crippen LogP contribution in [0.25, 0.3) is 0 Å². The second-order valence-corrected chi connectivity index (χ2v) is 6.01. The monoisotopic (exact) mass is 393 g/mol. The normalized spacial score (nSPS) is 10.2. The lowest BCUT2D eigenvalue weighted by Crippen LogP contribution is -2.29. The van der Waals surface area contributed by atoms with Gasteiger partial charge in [-0.05, 0) is 51.0 Å². The molecule has 0 heterocycles. The van der Waals surface area contributed by atoms with Gasteiger partial charge < -0.3 is 10.2 Å². The van der Waals surface area contributed by atoms with Crippen molar-refractivity contribution in [2.45, 2.75) is 52.5 Å². The lowest BCUT2D eigenvalue weighted by molar-refractivity contribution is -0.384. The highest BCUT2D eigenvalue weighted by atomic mass is 35.5. The predicted octanol–water partition coefficient (Wildman–Crippen LogP) is 4.82. The highest BCUT2D eigenvalue weighted by Gasteiger charge is 2.06. The maximum absolute atomic E-state index is 10.8. The Hall–Kier alpha value is -0.880. The summed E-state index contributed by atoms with van der Waals surface area (Å²) in [5, 5.41) is 14.1. The van der Waals surface area contributed by atoms with E-state index in [1.165, 1.54) is 44.8 Å². The van der Waals surface area contributed by atoms with Crippen molar-refractivity contribution in [2.24, 2.45) is 0 Å². The van der Waals surface area contributed by atoms with Crippen molar-refractivity contribution in [3.8, 4) is 0 Å². The number of halogens is 2. The fraction of sp³-hybridized carbons (Fsp3) is 0.667. The summed E-state index contributed by atoms with van der Waals surface area (Å²) >= 11 is 0. The van der Waals surface area contributed by atoms with Gasteiger partial charge in [0.05, 0.1) is 4.92 Å². The summed E-state index contributed by atoms with van der Waals surface area (Å²) in [6.45, 7) is 9.62. The largest absolute Gasteiger partial charge is 0.313 e. The molecule has 1 aromatic carbocycles. The molecule has 0 spiro atoms. The summed E-state index contributed by atoms with van der Waals surface area (Å²) < 4.78 is 0. The quantitative estimate of drug-likeness (QED) is 0.296. The number of nitro groups is 1. The molecule has 0 bridgehead atoms. The Morgan fingerprint density at radius 3 is 2.20 bits per heavy atom. The average Bonchev–Trinajstić information content (AvgIpc) is 2.56. The van der Waals surface area contributed by atoms with E-state index in [1.54, 1.807) is 12.1 Å². The van der Waals surface area contributed by atoms with Gasteiger partial charge in [-0.15, -0.1) is 24.8 Å². The molecule has 0 fully saturated rings. The van der Waals surface area contributed by atoms with Gasteiger partial charge in [0.1, 0.15) is 0 Å². The first kappa shape index (κ1) is 26.4. The molecule has 0 aliphatic heterocycles. The molecule has 7 heteroatoms. The summed E-state index contributed by atoms with van der Waals surface area (Å²) in [7, 11) is 0. The first-order chi connectivity index (χ1) is 11.2. The van der Waals surface area contributed by atoms with Gasteiger partial charge in [0.25, 0.3) is 5.69 Å². The number of rotatable bonds is 13. The van der Waals surface area contributed by atoms with E-state index in [4.69, 9.17) is 0 Å². The molecule has 0 aliphatic carbocycles. The third-order valence-electron chi connectivity index (χ3n) is 3.93. The van der Waals surface area contributed by atoms with Crippen molar-refractivity contribution in [2.75, 3.05) is 26.2 Å². The summed E-state index contributed by atoms with van der Waals surface area (Å²) in [5.41, 5.74) is 1.13. The van der Waals surface area contributed by atoms with E-state index in [1.807, 2.05) is 6.07 Å². The van der Waals surface area contributed by atoms with Crippen LogP contribution in [0.3, 0.4) is 0 Å². The van der Waals surface area contributed by atoms with Crippen LogP contribution in [-0.4, -0.2) is 36.0 Å². The van der Waals surface area contributed by atoms with Gasteiger partial charge in [0.2, 0.25) is 0 Å². The van der Waals surface area contributed by atoms with Crippen LogP contribution in [0.1, 0.15) is 51.5 Å². The molecule has 0 saturated carbocycles. The number of nitrogens with one attached hydrogen (secondary N) is 1. The number of non-ortho nitro benzene ring substituents is 1. The van der Waals surface area contributed by atoms with Gasteiger partial charge in [-0.1, -0.05) is 38.8 Å². The average molecular weight is 394 g/mol. The zero-order valence-electron chi connectivity index (χ0n) is 15.4. The Bertz CT molecular complexity index is 454. The number of nitrogens with zero attached hydrogens (tertiary/aromatic N) is 2. The first-order valence-electron chi connectivity index (χ1n) is 8.83. The van der Waals surface area contributed by atoms with Crippen molar-refractivity contribution in [3.05, 3.63) is 39.9 Å². The molecule has 0 unspecified atom stereocenters. The minimum Gasteiger partial charge on any atom is -0.313 e. The molecule has 0 atom stereocenters. The van der Waals surface area contributed by atoms with E-state index in [2.05, 4.69) is 24.1 Å². The van der Waals surface area contributed by atoms with Crippen LogP contribution in [0.5, 0.6) is 0 Å². The molecule has 0 saturated heterocycles. The van der Waals surface area contributed by atoms with Crippen LogP contribution < -0.4 is 5.32 Å². The standard InChI is InChI=1S/C18H31N3O2.2ClH/c1-3-5-12-20(13-6-4-2)14-8-11-19-16-17-9-7-10-18(15-17)21(22)23;;/h7,9-10,15,19H,3-6,8,11-14,16H2,1-2H3;2*1H. The molecule has 0 aliphatic rings. The van der Waals surface area contributed by atoms with Crippen LogP contribution >= 0.6 is 24.8 Å². The van der Waals surface area contributed by atoms with E-state index in [-0.39, 0.29) is 35.4 Å². The Balaban J connectivity index is 0. The molecular formula is C18H33Cl2N3O2. The fourth-order valence-electron chi connectivity index (χ4n) is 2.54. The molecule has 25 heavy (non-hydrogen) atoms. The van der Waals surface area contributed by atoms with Crippen molar-refractivity contribution in [1.29, 1.82) is 0 Å². The van der Waals surface area contributed by atoms with Crippen LogP contribution in [-0.2, 0) is 6.54 Å². The van der Waals surface area contributed by atoms with Gasteiger partial charge in [0, 0.05) is 18.7 Å². The molecule has 146 valence electrons. The van der Waals surface area contributed by atoms with E-state index in [0.717, 1.165) is 25.1 Å². The molecule has 1 N–H and O–H groups in total. The minimum atomic E-state index is -0.344. The van der Waals surface area contributed by atoms with E-state index in [9.17, 15) is 10.1 Å². The van der Waals surface area contributed by atoms with Gasteiger partial charge in [-0.3, -0.25) is 10.1 Å². The fourth-order valence-corrected chi connectivity index (χ4v) is 2.54. The Morgan fingerprint density at radius 2 is 1.64 bits per heavy atom. The lowest BCUT2D eigenvalue weighted by Gasteiger charge is -2.21. The summed E-state index contributed by atoms with van der Waals surface area (Å²) in [4.78, 5) is 13.0. The van der Waals surface area contributed by atoms with Crippen molar-refractivity contribution >= 4 is 30.5 Å². The zero-order chi connectivity index (χ0) is 16.9. The summed E-state index contributed by atoms with van der Waals surface area (Å²) in [6.07, 6.45) is 6.14. The van der Waals surface area contributed by atoms with E-state index >= 15 is 0 Å². The Morgan fingerprint density at radius 1 is 1.04 bits per heavy atom. The SMILES string of the molecule is CCCCN(CCCC)CCCNCc1cccc([N+](=O)[O-])c1.Cl.Cl. The number of hydrogen-bond acceptors (Lipinski definition) is 4. The predicted molar refractivity (Wildman–Crippen MR) is 110 cm³/mol. The Kier molecular flexibility index (Phi) is 17.5. The molecule has 0 radical (unpaired) electrons. The molecule has 1 rings (SSSR count). The van der Waals surface area contributed by atoms with Gasteiger partial charge in [-0.25, -0.2) is 0 Å². The number of nitro benzene ring substituents is 1. The number of benzene rings is 1. The topological polar surface area (TPSA) is 58.4 Å². The highest BCUT2D eigenvalue weighted by molar-refractivity contribution is 5.85. The molecule has 5 nitrogen and oxygen atoms in total. The van der Waals surface area contributed by atoms with Gasteiger partial charge >= 0.3 is 0 Å². The van der Waals surface area contributed by atoms with Crippen molar-refractivity contribution in [3.63, 3.8) is 0 Å². The van der Waals surface area contributed by atoms with E-state index in [0.29, 0.717) is 6.54 Å². The third kappa shape index (κ3) is 12.2. The van der Waals surface area contributed by atoms with Crippen LogP contribution in [0, 0.1) is 10.1 Å². The van der Waals surface area contributed by atoms with Crippen molar-refractivity contribution < 1.29 is 4.92 Å². The van der Waals surface area contributed by atoms with Gasteiger partial charge in [0.15, 0.2) is 0 Å². The third-order valence-corrected chi connectivity index (χ3v) is 3.93. The van der Waals surface area contributed by atoms with E-state index < -0.39 is 0 Å².